The predicted octanol–water partition coefficient (Wildman–Crippen LogP) is 1.97. The summed E-state index contributed by atoms with van der Waals surface area (Å²) < 4.78 is 27.7. The number of hydrogen-bond acceptors (Lipinski definition) is 3. The van der Waals surface area contributed by atoms with Crippen molar-refractivity contribution in [1.29, 1.82) is 0 Å². The molecule has 7 heteroatoms. The molecule has 0 atom stereocenters. The number of carboxylic acid groups (broad SMARTS) is 1. The highest BCUT2D eigenvalue weighted by Crippen LogP contribution is 2.24. The summed E-state index contributed by atoms with van der Waals surface area (Å²) in [5.74, 6) is -3.70. The maximum absolute atomic E-state index is 13.9. The van der Waals surface area contributed by atoms with Gasteiger partial charge in [-0.1, -0.05) is 0 Å². The zero-order chi connectivity index (χ0) is 16.2. The third-order valence-electron chi connectivity index (χ3n) is 3.13. The van der Waals surface area contributed by atoms with E-state index >= 15 is 0 Å². The fourth-order valence-electron chi connectivity index (χ4n) is 2.01. The lowest BCUT2D eigenvalue weighted by atomic mass is 10.1. The van der Waals surface area contributed by atoms with Crippen LogP contribution in [-0.2, 0) is 4.79 Å². The van der Waals surface area contributed by atoms with E-state index in [4.69, 9.17) is 5.11 Å². The second-order valence-corrected chi connectivity index (χ2v) is 4.52. The lowest BCUT2D eigenvalue weighted by molar-refractivity contribution is -0.129. The maximum Gasteiger partial charge on any atom is 0.335 e. The predicted molar refractivity (Wildman–Crippen MR) is 74.5 cm³/mol. The Kier molecular flexibility index (Phi) is 5.63. The molecule has 0 aliphatic heterocycles. The highest BCUT2D eigenvalue weighted by molar-refractivity contribution is 5.88. The molecule has 0 radical (unpaired) electrons. The SMILES string of the molecule is CCN(CC)C(=O)CN(C)c1c(F)cc(C(=O)O)cc1F. The molecule has 0 aliphatic rings. The van der Waals surface area contributed by atoms with Crippen molar-refractivity contribution in [3.05, 3.63) is 29.3 Å². The Morgan fingerprint density at radius 1 is 1.14 bits per heavy atom. The molecule has 116 valence electrons. The van der Waals surface area contributed by atoms with Crippen molar-refractivity contribution in [2.75, 3.05) is 31.6 Å². The molecule has 0 saturated carbocycles. The van der Waals surface area contributed by atoms with Crippen LogP contribution in [0.5, 0.6) is 0 Å². The number of hydrogen-bond donors (Lipinski definition) is 1. The Morgan fingerprint density at radius 2 is 1.62 bits per heavy atom. The smallest absolute Gasteiger partial charge is 0.335 e. The summed E-state index contributed by atoms with van der Waals surface area (Å²) in [5.41, 5.74) is -0.891. The first kappa shape index (κ1) is 16.9. The van der Waals surface area contributed by atoms with Gasteiger partial charge in [0, 0.05) is 20.1 Å². The van der Waals surface area contributed by atoms with Gasteiger partial charge in [-0.05, 0) is 26.0 Å². The number of carbonyl (C=O) groups excluding carboxylic acids is 1. The van der Waals surface area contributed by atoms with E-state index in [1.807, 2.05) is 13.8 Å². The van der Waals surface area contributed by atoms with E-state index in [0.717, 1.165) is 17.0 Å². The molecule has 0 saturated heterocycles. The van der Waals surface area contributed by atoms with Gasteiger partial charge in [-0.25, -0.2) is 13.6 Å². The number of nitrogens with zero attached hydrogens (tertiary/aromatic N) is 2. The van der Waals surface area contributed by atoms with Crippen molar-refractivity contribution < 1.29 is 23.5 Å². The number of carboxylic acids is 1. The van der Waals surface area contributed by atoms with E-state index in [9.17, 15) is 18.4 Å². The van der Waals surface area contributed by atoms with Crippen LogP contribution in [0.4, 0.5) is 14.5 Å². The summed E-state index contributed by atoms with van der Waals surface area (Å²) in [6.07, 6.45) is 0. The highest BCUT2D eigenvalue weighted by atomic mass is 19.1. The van der Waals surface area contributed by atoms with Gasteiger partial charge in [0.05, 0.1) is 12.1 Å². The molecular weight excluding hydrogens is 282 g/mol. The zero-order valence-corrected chi connectivity index (χ0v) is 12.2. The maximum atomic E-state index is 13.9. The minimum atomic E-state index is -1.42. The normalized spacial score (nSPS) is 10.3. The summed E-state index contributed by atoms with van der Waals surface area (Å²) in [6, 6.07) is 1.47. The van der Waals surface area contributed by atoms with Crippen LogP contribution in [0.3, 0.4) is 0 Å². The van der Waals surface area contributed by atoms with Crippen molar-refractivity contribution in [2.45, 2.75) is 13.8 Å². The van der Waals surface area contributed by atoms with Gasteiger partial charge >= 0.3 is 5.97 Å². The fraction of sp³-hybridized carbons (Fsp3) is 0.429. The summed E-state index contributed by atoms with van der Waals surface area (Å²) in [7, 11) is 1.38. The molecule has 0 unspecified atom stereocenters. The molecule has 1 rings (SSSR count). The van der Waals surface area contributed by atoms with Gasteiger partial charge in [-0.3, -0.25) is 4.79 Å². The quantitative estimate of drug-likeness (QED) is 0.872. The van der Waals surface area contributed by atoms with Crippen LogP contribution < -0.4 is 4.90 Å². The van der Waals surface area contributed by atoms with Crippen molar-refractivity contribution in [3.63, 3.8) is 0 Å². The Hall–Kier alpha value is -2.18. The molecular formula is C14H18F2N2O3. The van der Waals surface area contributed by atoms with Crippen molar-refractivity contribution in [1.82, 2.24) is 4.90 Å². The molecule has 0 aliphatic carbocycles. The lowest BCUT2D eigenvalue weighted by Crippen LogP contribution is -2.39. The van der Waals surface area contributed by atoms with Gasteiger partial charge in [-0.2, -0.15) is 0 Å². The molecule has 0 bridgehead atoms. The number of rotatable bonds is 6. The van der Waals surface area contributed by atoms with E-state index in [1.54, 1.807) is 0 Å². The Morgan fingerprint density at radius 3 is 2.00 bits per heavy atom. The number of halogens is 2. The van der Waals surface area contributed by atoms with Crippen molar-refractivity contribution in [2.24, 2.45) is 0 Å². The van der Waals surface area contributed by atoms with E-state index in [0.29, 0.717) is 13.1 Å². The van der Waals surface area contributed by atoms with Crippen molar-refractivity contribution >= 4 is 17.6 Å². The molecule has 0 spiro atoms. The minimum Gasteiger partial charge on any atom is -0.478 e. The third-order valence-corrected chi connectivity index (χ3v) is 3.13. The molecule has 0 aromatic heterocycles. The minimum absolute atomic E-state index is 0.193. The first-order valence-corrected chi connectivity index (χ1v) is 6.53. The second kappa shape index (κ2) is 7.01. The summed E-state index contributed by atoms with van der Waals surface area (Å²) >= 11 is 0. The van der Waals surface area contributed by atoms with Crippen LogP contribution in [0, 0.1) is 11.6 Å². The summed E-state index contributed by atoms with van der Waals surface area (Å²) in [6.45, 7) is 4.44. The average Bonchev–Trinajstić information content (AvgIpc) is 2.38. The standard InChI is InChI=1S/C14H18F2N2O3/c1-4-18(5-2)12(19)8-17(3)13-10(15)6-9(14(20)21)7-11(13)16/h6-7H,4-5,8H2,1-3H3,(H,20,21). The van der Waals surface area contributed by atoms with Crippen molar-refractivity contribution in [3.8, 4) is 0 Å². The van der Waals surface area contributed by atoms with Crippen LogP contribution in [0.15, 0.2) is 12.1 Å². The van der Waals surface area contributed by atoms with E-state index in [-0.39, 0.29) is 12.5 Å². The second-order valence-electron chi connectivity index (χ2n) is 4.52. The van der Waals surface area contributed by atoms with E-state index in [2.05, 4.69) is 0 Å². The van der Waals surface area contributed by atoms with Gasteiger partial charge in [-0.15, -0.1) is 0 Å². The van der Waals surface area contributed by atoms with Gasteiger partial charge in [0.2, 0.25) is 5.91 Å². The summed E-state index contributed by atoms with van der Waals surface area (Å²) in [5, 5.41) is 8.74. The van der Waals surface area contributed by atoms with E-state index in [1.165, 1.54) is 11.9 Å². The van der Waals surface area contributed by atoms with Gasteiger partial charge in [0.1, 0.15) is 17.3 Å². The third kappa shape index (κ3) is 3.90. The first-order valence-electron chi connectivity index (χ1n) is 6.53. The molecule has 5 nitrogen and oxygen atoms in total. The van der Waals surface area contributed by atoms with Gasteiger partial charge in [0.15, 0.2) is 0 Å². The average molecular weight is 300 g/mol. The highest BCUT2D eigenvalue weighted by Gasteiger charge is 2.20. The number of benzene rings is 1. The number of anilines is 1. The number of aromatic carboxylic acids is 1. The molecule has 0 heterocycles. The van der Waals surface area contributed by atoms with Crippen LogP contribution in [0.2, 0.25) is 0 Å². The lowest BCUT2D eigenvalue weighted by Gasteiger charge is -2.25. The molecule has 0 fully saturated rings. The van der Waals surface area contributed by atoms with Gasteiger partial charge in [0.25, 0.3) is 0 Å². The van der Waals surface area contributed by atoms with Crippen LogP contribution in [-0.4, -0.2) is 48.6 Å². The molecule has 21 heavy (non-hydrogen) atoms. The zero-order valence-electron chi connectivity index (χ0n) is 12.2. The summed E-state index contributed by atoms with van der Waals surface area (Å²) in [4.78, 5) is 25.3. The van der Waals surface area contributed by atoms with E-state index < -0.39 is 28.9 Å². The molecule has 1 aromatic rings. The molecule has 1 aromatic carbocycles. The van der Waals surface area contributed by atoms with Crippen LogP contribution >= 0.6 is 0 Å². The van der Waals surface area contributed by atoms with Gasteiger partial charge < -0.3 is 14.9 Å². The Balaban J connectivity index is 3.00. The number of amides is 1. The van der Waals surface area contributed by atoms with Crippen LogP contribution in [0.1, 0.15) is 24.2 Å². The number of carbonyl (C=O) groups is 2. The molecule has 1 N–H and O–H groups in total. The molecule has 1 amide bonds. The van der Waals surface area contributed by atoms with Crippen LogP contribution in [0.25, 0.3) is 0 Å². The fourth-order valence-corrected chi connectivity index (χ4v) is 2.01. The number of likely N-dealkylation sites (N-methyl/N-ethyl adjacent to an activating group) is 2. The first-order chi connectivity index (χ1) is 9.81. The Bertz CT molecular complexity index is 522. The largest absolute Gasteiger partial charge is 0.478 e. The topological polar surface area (TPSA) is 60.9 Å². The Labute approximate surface area is 121 Å². The monoisotopic (exact) mass is 300 g/mol.